The van der Waals surface area contributed by atoms with Gasteiger partial charge in [-0.25, -0.2) is 4.98 Å². The highest BCUT2D eigenvalue weighted by molar-refractivity contribution is 7.86. The number of rotatable bonds is 4. The molecule has 4 N–H and O–H groups in total. The molecule has 20 heavy (non-hydrogen) atoms. The van der Waals surface area contributed by atoms with Crippen LogP contribution >= 0.6 is 0 Å². The summed E-state index contributed by atoms with van der Waals surface area (Å²) >= 11 is 0. The monoisotopic (exact) mass is 292 g/mol. The number of carbonyl (C=O) groups excluding carboxylic acids is 1. The lowest BCUT2D eigenvalue weighted by atomic mass is 10.3. The molecule has 7 heteroatoms. The Morgan fingerprint density at radius 3 is 3.00 bits per heavy atom. The van der Waals surface area contributed by atoms with E-state index in [-0.39, 0.29) is 11.9 Å². The zero-order valence-electron chi connectivity index (χ0n) is 11.1. The molecule has 1 amide bonds. The van der Waals surface area contributed by atoms with Crippen LogP contribution in [0.1, 0.15) is 19.8 Å². The number of hydrogen-bond donors (Lipinski definition) is 3. The zero-order chi connectivity index (χ0) is 14.3. The van der Waals surface area contributed by atoms with E-state index in [1.807, 2.05) is 0 Å². The number of nitrogens with two attached hydrogens (primary N) is 1. The quantitative estimate of drug-likeness (QED) is 0.729. The molecule has 2 unspecified atom stereocenters. The fourth-order valence-electron chi connectivity index (χ4n) is 1.91. The van der Waals surface area contributed by atoms with Crippen molar-refractivity contribution in [2.24, 2.45) is 0 Å². The second-order valence-corrected chi connectivity index (χ2v) is 6.73. The number of H-pyrrole nitrogens is 1. The number of aromatic amines is 1. The van der Waals surface area contributed by atoms with Crippen LogP contribution < -0.4 is 11.1 Å². The minimum atomic E-state index is -1.51. The Morgan fingerprint density at radius 1 is 1.55 bits per heavy atom. The molecule has 1 saturated carbocycles. The summed E-state index contributed by atoms with van der Waals surface area (Å²) < 4.78 is 12.4. The fraction of sp³-hybridized carbons (Fsp3) is 0.385. The van der Waals surface area contributed by atoms with Crippen LogP contribution in [0.25, 0.3) is 11.0 Å². The standard InChI is InChI=1S/C13H16N4O2S/c1-7(12(18)15-9-3-4-9)20(19)13-16-10-5-2-8(14)6-11(10)17-13/h2,5-7,9H,3-4,14H2,1H3,(H,15,18)(H,16,17). The second kappa shape index (κ2) is 4.90. The van der Waals surface area contributed by atoms with Gasteiger partial charge < -0.3 is 16.0 Å². The van der Waals surface area contributed by atoms with Crippen LogP contribution in [0.15, 0.2) is 23.4 Å². The van der Waals surface area contributed by atoms with Crippen molar-refractivity contribution in [1.29, 1.82) is 0 Å². The van der Waals surface area contributed by atoms with Gasteiger partial charge in [0.05, 0.1) is 11.0 Å². The molecule has 1 aliphatic carbocycles. The lowest BCUT2D eigenvalue weighted by molar-refractivity contribution is -0.120. The third-order valence-corrected chi connectivity index (χ3v) is 4.72. The second-order valence-electron chi connectivity index (χ2n) is 5.04. The number of carbonyl (C=O) groups is 1. The number of fused-ring (bicyclic) bond motifs is 1. The predicted molar refractivity (Wildman–Crippen MR) is 77.5 cm³/mol. The lowest BCUT2D eigenvalue weighted by Gasteiger charge is -2.09. The molecule has 106 valence electrons. The van der Waals surface area contributed by atoms with Gasteiger partial charge in [0.1, 0.15) is 16.0 Å². The molecule has 3 rings (SSSR count). The number of anilines is 1. The minimum Gasteiger partial charge on any atom is -0.399 e. The Morgan fingerprint density at radius 2 is 2.30 bits per heavy atom. The maximum atomic E-state index is 12.4. The molecule has 1 aliphatic rings. The van der Waals surface area contributed by atoms with Gasteiger partial charge in [-0.1, -0.05) is 0 Å². The number of nitrogen functional groups attached to an aromatic ring is 1. The predicted octanol–water partition coefficient (Wildman–Crippen LogP) is 0.920. The van der Waals surface area contributed by atoms with Crippen LogP contribution in [0.4, 0.5) is 5.69 Å². The maximum Gasteiger partial charge on any atom is 0.236 e. The van der Waals surface area contributed by atoms with Crippen LogP contribution in [0.5, 0.6) is 0 Å². The summed E-state index contributed by atoms with van der Waals surface area (Å²) in [5.41, 5.74) is 7.72. The van der Waals surface area contributed by atoms with Crippen LogP contribution in [-0.4, -0.2) is 31.4 Å². The maximum absolute atomic E-state index is 12.4. The Hall–Kier alpha value is -1.89. The van der Waals surface area contributed by atoms with E-state index in [0.29, 0.717) is 16.4 Å². The Labute approximate surface area is 118 Å². The summed E-state index contributed by atoms with van der Waals surface area (Å²) in [5, 5.41) is 2.53. The molecule has 0 saturated heterocycles. The van der Waals surface area contributed by atoms with Crippen molar-refractivity contribution in [2.45, 2.75) is 36.2 Å². The SMILES string of the molecule is CC(C(=O)NC1CC1)S(=O)c1nc2ccc(N)cc2[nH]1. The first-order valence-electron chi connectivity index (χ1n) is 6.51. The highest BCUT2D eigenvalue weighted by Crippen LogP contribution is 2.21. The molecular weight excluding hydrogens is 276 g/mol. The molecule has 2 atom stereocenters. The van der Waals surface area contributed by atoms with Crippen LogP contribution in [0, 0.1) is 0 Å². The number of nitrogens with zero attached hydrogens (tertiary/aromatic N) is 1. The zero-order valence-corrected chi connectivity index (χ0v) is 11.9. The van der Waals surface area contributed by atoms with Crippen LogP contribution in [0.3, 0.4) is 0 Å². The van der Waals surface area contributed by atoms with Gasteiger partial charge >= 0.3 is 0 Å². The topological polar surface area (TPSA) is 101 Å². The minimum absolute atomic E-state index is 0.189. The molecule has 1 aromatic heterocycles. The molecule has 1 fully saturated rings. The fourth-order valence-corrected chi connectivity index (χ4v) is 2.91. The molecule has 0 bridgehead atoms. The molecule has 0 radical (unpaired) electrons. The first-order chi connectivity index (χ1) is 9.54. The smallest absolute Gasteiger partial charge is 0.236 e. The molecule has 2 aromatic rings. The van der Waals surface area contributed by atoms with Crippen molar-refractivity contribution in [1.82, 2.24) is 15.3 Å². The van der Waals surface area contributed by atoms with E-state index < -0.39 is 16.0 Å². The average Bonchev–Trinajstić information content (AvgIpc) is 3.13. The van der Waals surface area contributed by atoms with E-state index in [1.165, 1.54) is 0 Å². The summed E-state index contributed by atoms with van der Waals surface area (Å²) in [6, 6.07) is 5.49. The average molecular weight is 292 g/mol. The number of amides is 1. The third-order valence-electron chi connectivity index (χ3n) is 3.29. The van der Waals surface area contributed by atoms with Crippen LogP contribution in [0.2, 0.25) is 0 Å². The van der Waals surface area contributed by atoms with Gasteiger partial charge in [0.2, 0.25) is 5.91 Å². The molecule has 0 aliphatic heterocycles. The molecular formula is C13H16N4O2S. The Bertz CT molecular complexity index is 693. The summed E-state index contributed by atoms with van der Waals surface area (Å²) in [6.45, 7) is 1.65. The third kappa shape index (κ3) is 2.53. The number of benzene rings is 1. The van der Waals surface area contributed by atoms with Gasteiger partial charge in [-0.3, -0.25) is 9.00 Å². The number of aromatic nitrogens is 2. The summed E-state index contributed by atoms with van der Waals surface area (Å²) in [5.74, 6) is -0.189. The summed E-state index contributed by atoms with van der Waals surface area (Å²) in [6.07, 6.45) is 2.02. The first kappa shape index (κ1) is 13.1. The largest absolute Gasteiger partial charge is 0.399 e. The van der Waals surface area contributed by atoms with E-state index in [4.69, 9.17) is 5.73 Å². The normalized spacial score (nSPS) is 17.9. The molecule has 1 heterocycles. The van der Waals surface area contributed by atoms with E-state index in [2.05, 4.69) is 15.3 Å². The Balaban J connectivity index is 1.81. The number of hydrogen-bond acceptors (Lipinski definition) is 4. The van der Waals surface area contributed by atoms with Crippen molar-refractivity contribution in [3.05, 3.63) is 18.2 Å². The van der Waals surface area contributed by atoms with Gasteiger partial charge in [-0.05, 0) is 38.0 Å². The van der Waals surface area contributed by atoms with E-state index in [1.54, 1.807) is 25.1 Å². The molecule has 0 spiro atoms. The van der Waals surface area contributed by atoms with Gasteiger partial charge in [-0.2, -0.15) is 0 Å². The summed E-state index contributed by atoms with van der Waals surface area (Å²) in [7, 11) is -1.51. The molecule has 1 aromatic carbocycles. The van der Waals surface area contributed by atoms with Crippen molar-refractivity contribution in [3.63, 3.8) is 0 Å². The van der Waals surface area contributed by atoms with E-state index in [9.17, 15) is 9.00 Å². The number of nitrogens with one attached hydrogen (secondary N) is 2. The Kier molecular flexibility index (Phi) is 3.21. The van der Waals surface area contributed by atoms with Gasteiger partial charge in [0, 0.05) is 11.7 Å². The van der Waals surface area contributed by atoms with Gasteiger partial charge in [0.25, 0.3) is 0 Å². The van der Waals surface area contributed by atoms with E-state index in [0.717, 1.165) is 18.4 Å². The van der Waals surface area contributed by atoms with E-state index >= 15 is 0 Å². The highest BCUT2D eigenvalue weighted by Gasteiger charge is 2.29. The van der Waals surface area contributed by atoms with Crippen LogP contribution in [-0.2, 0) is 15.6 Å². The van der Waals surface area contributed by atoms with Gasteiger partial charge in [0.15, 0.2) is 5.16 Å². The van der Waals surface area contributed by atoms with Crippen molar-refractivity contribution in [2.75, 3.05) is 5.73 Å². The number of imidazole rings is 1. The van der Waals surface area contributed by atoms with Crippen molar-refractivity contribution >= 4 is 33.4 Å². The highest BCUT2D eigenvalue weighted by atomic mass is 32.2. The van der Waals surface area contributed by atoms with Crippen molar-refractivity contribution < 1.29 is 9.00 Å². The van der Waals surface area contributed by atoms with Gasteiger partial charge in [-0.15, -0.1) is 0 Å². The van der Waals surface area contributed by atoms with Crippen molar-refractivity contribution in [3.8, 4) is 0 Å². The summed E-state index contributed by atoms with van der Waals surface area (Å²) in [4.78, 5) is 19.1. The first-order valence-corrected chi connectivity index (χ1v) is 7.72. The lowest BCUT2D eigenvalue weighted by Crippen LogP contribution is -2.36. The molecule has 6 nitrogen and oxygen atoms in total.